The van der Waals surface area contributed by atoms with Crippen molar-refractivity contribution in [3.8, 4) is 22.8 Å². The molecule has 0 bridgehead atoms. The number of rotatable bonds is 11. The third-order valence-corrected chi connectivity index (χ3v) is 7.11. The van der Waals surface area contributed by atoms with Crippen LogP contribution in [0.15, 0.2) is 54.6 Å². The summed E-state index contributed by atoms with van der Waals surface area (Å²) in [6.45, 7) is 4.17. The molecule has 0 spiro atoms. The van der Waals surface area contributed by atoms with Gasteiger partial charge in [0.05, 0.1) is 30.8 Å². The van der Waals surface area contributed by atoms with E-state index >= 15 is 0 Å². The summed E-state index contributed by atoms with van der Waals surface area (Å²) >= 11 is 0. The number of methoxy groups -OCH3 is 1. The summed E-state index contributed by atoms with van der Waals surface area (Å²) < 4.78 is 14.0. The average molecular weight is 520 g/mol. The smallest absolute Gasteiger partial charge is 0.305 e. The predicted octanol–water partition coefficient (Wildman–Crippen LogP) is 5.87. The minimum Gasteiger partial charge on any atom is -0.496 e. The van der Waals surface area contributed by atoms with Crippen molar-refractivity contribution >= 4 is 11.9 Å². The van der Waals surface area contributed by atoms with Crippen LogP contribution in [-0.2, 0) is 11.4 Å². The Labute approximate surface area is 224 Å². The first-order valence-electron chi connectivity index (χ1n) is 13.3. The highest BCUT2D eigenvalue weighted by atomic mass is 16.5. The van der Waals surface area contributed by atoms with Gasteiger partial charge in [-0.05, 0) is 42.5 Å². The predicted molar refractivity (Wildman–Crippen MR) is 145 cm³/mol. The zero-order valence-electron chi connectivity index (χ0n) is 22.4. The van der Waals surface area contributed by atoms with E-state index in [-0.39, 0.29) is 30.0 Å². The molecule has 2 aromatic carbocycles. The fourth-order valence-corrected chi connectivity index (χ4v) is 4.97. The van der Waals surface area contributed by atoms with Crippen molar-refractivity contribution in [1.29, 1.82) is 0 Å². The van der Waals surface area contributed by atoms with Crippen molar-refractivity contribution in [3.63, 3.8) is 0 Å². The monoisotopic (exact) mass is 519 g/mol. The quantitative estimate of drug-likeness (QED) is 0.328. The first kappa shape index (κ1) is 27.2. The fraction of sp³-hybridized carbons (Fsp3) is 0.433. The molecule has 8 nitrogen and oxygen atoms in total. The number of aromatic nitrogens is 2. The van der Waals surface area contributed by atoms with Gasteiger partial charge in [-0.3, -0.25) is 14.3 Å². The highest BCUT2D eigenvalue weighted by Gasteiger charge is 2.28. The number of carbonyl (C=O) groups excluding carboxylic acids is 1. The zero-order valence-corrected chi connectivity index (χ0v) is 22.4. The third-order valence-electron chi connectivity index (χ3n) is 7.11. The van der Waals surface area contributed by atoms with Gasteiger partial charge < -0.3 is 19.9 Å². The van der Waals surface area contributed by atoms with Gasteiger partial charge in [-0.2, -0.15) is 5.10 Å². The minimum absolute atomic E-state index is 0.0397. The van der Waals surface area contributed by atoms with E-state index < -0.39 is 12.0 Å². The zero-order chi connectivity index (χ0) is 27.1. The molecule has 0 saturated heterocycles. The molecular formula is C30H37N3O5. The molecule has 1 aliphatic carbocycles. The van der Waals surface area contributed by atoms with Crippen LogP contribution < -0.4 is 14.8 Å². The first-order valence-corrected chi connectivity index (χ1v) is 13.3. The molecule has 1 aromatic heterocycles. The molecule has 1 atom stereocenters. The van der Waals surface area contributed by atoms with Crippen molar-refractivity contribution in [2.45, 2.75) is 71.1 Å². The number of nitrogens with zero attached hydrogens (tertiary/aromatic N) is 2. The molecule has 2 N–H and O–H groups in total. The number of hydrogen-bond acceptors (Lipinski definition) is 5. The largest absolute Gasteiger partial charge is 0.496 e. The van der Waals surface area contributed by atoms with Crippen LogP contribution in [0, 0.1) is 5.92 Å². The molecule has 1 unspecified atom stereocenters. The lowest BCUT2D eigenvalue weighted by Crippen LogP contribution is -2.40. The van der Waals surface area contributed by atoms with Crippen LogP contribution in [0.4, 0.5) is 0 Å². The molecule has 1 aliphatic rings. The Morgan fingerprint density at radius 1 is 1.05 bits per heavy atom. The molecule has 8 heteroatoms. The summed E-state index contributed by atoms with van der Waals surface area (Å²) in [7, 11) is 1.62. The van der Waals surface area contributed by atoms with Gasteiger partial charge in [0.15, 0.2) is 5.69 Å². The number of carboxylic acid groups (broad SMARTS) is 1. The summed E-state index contributed by atoms with van der Waals surface area (Å²) in [5.41, 5.74) is 2.79. The highest BCUT2D eigenvalue weighted by molar-refractivity contribution is 5.94. The number of ether oxygens (including phenoxy) is 2. The normalized spacial score (nSPS) is 14.7. The maximum Gasteiger partial charge on any atom is 0.305 e. The van der Waals surface area contributed by atoms with Crippen LogP contribution in [0.5, 0.6) is 11.5 Å². The summed E-state index contributed by atoms with van der Waals surface area (Å²) in [6.07, 6.45) is 5.18. The van der Waals surface area contributed by atoms with Gasteiger partial charge in [-0.1, -0.05) is 69.5 Å². The maximum atomic E-state index is 13.3. The molecule has 0 radical (unpaired) electrons. The Kier molecular flexibility index (Phi) is 9.05. The van der Waals surface area contributed by atoms with Crippen molar-refractivity contribution < 1.29 is 24.2 Å². The van der Waals surface area contributed by atoms with E-state index in [1.54, 1.807) is 13.2 Å². The second-order valence-electron chi connectivity index (χ2n) is 10.2. The molecule has 0 aliphatic heterocycles. The lowest BCUT2D eigenvalue weighted by Gasteiger charge is -2.25. The summed E-state index contributed by atoms with van der Waals surface area (Å²) in [6, 6.07) is 17.0. The number of hydrogen-bond donors (Lipinski definition) is 2. The summed E-state index contributed by atoms with van der Waals surface area (Å²) in [5.74, 6) is -0.107. The fourth-order valence-electron chi connectivity index (χ4n) is 4.97. The van der Waals surface area contributed by atoms with Crippen molar-refractivity contribution in [2.75, 3.05) is 7.11 Å². The minimum atomic E-state index is -0.952. The molecule has 202 valence electrons. The second-order valence-corrected chi connectivity index (χ2v) is 10.2. The van der Waals surface area contributed by atoms with Gasteiger partial charge in [0.25, 0.3) is 5.91 Å². The van der Waals surface area contributed by atoms with Gasteiger partial charge in [0.2, 0.25) is 0 Å². The molecule has 38 heavy (non-hydrogen) atoms. The van der Waals surface area contributed by atoms with E-state index in [4.69, 9.17) is 14.6 Å². The SMILES string of the molecule is COc1cccc(OCc2ccccc2)c1-c1cc(C(=O)NC(CC(=O)O)C(C)C)nn1C1CCCCC1. The Hall–Kier alpha value is -3.81. The van der Waals surface area contributed by atoms with E-state index in [1.165, 1.54) is 6.42 Å². The van der Waals surface area contributed by atoms with Crippen LogP contribution in [-0.4, -0.2) is 39.9 Å². The van der Waals surface area contributed by atoms with Crippen molar-refractivity contribution in [2.24, 2.45) is 5.92 Å². The Balaban J connectivity index is 1.74. The Bertz CT molecular complexity index is 1230. The number of carbonyl (C=O) groups is 2. The van der Waals surface area contributed by atoms with Gasteiger partial charge in [0, 0.05) is 6.04 Å². The number of nitrogens with one attached hydrogen (secondary N) is 1. The van der Waals surface area contributed by atoms with Gasteiger partial charge in [-0.15, -0.1) is 0 Å². The lowest BCUT2D eigenvalue weighted by atomic mass is 9.95. The molecule has 1 saturated carbocycles. The molecule has 1 fully saturated rings. The highest BCUT2D eigenvalue weighted by Crippen LogP contribution is 2.42. The third kappa shape index (κ3) is 6.54. The molecular weight excluding hydrogens is 482 g/mol. The van der Waals surface area contributed by atoms with Crippen LogP contribution in [0.25, 0.3) is 11.3 Å². The van der Waals surface area contributed by atoms with E-state index in [0.29, 0.717) is 18.1 Å². The number of carboxylic acids is 1. The molecule has 4 rings (SSSR count). The van der Waals surface area contributed by atoms with Gasteiger partial charge >= 0.3 is 5.97 Å². The first-order chi connectivity index (χ1) is 18.4. The topological polar surface area (TPSA) is 103 Å². The van der Waals surface area contributed by atoms with Gasteiger partial charge in [0.1, 0.15) is 18.1 Å². The number of benzene rings is 2. The van der Waals surface area contributed by atoms with Crippen molar-refractivity contribution in [1.82, 2.24) is 15.1 Å². The Morgan fingerprint density at radius 2 is 1.76 bits per heavy atom. The molecule has 1 heterocycles. The van der Waals surface area contributed by atoms with E-state index in [0.717, 1.165) is 42.5 Å². The second kappa shape index (κ2) is 12.6. The van der Waals surface area contributed by atoms with E-state index in [2.05, 4.69) is 5.32 Å². The molecule has 3 aromatic rings. The van der Waals surface area contributed by atoms with E-state index in [1.807, 2.05) is 67.1 Å². The van der Waals surface area contributed by atoms with Crippen LogP contribution in [0.1, 0.15) is 74.5 Å². The van der Waals surface area contributed by atoms with E-state index in [9.17, 15) is 14.7 Å². The lowest BCUT2D eigenvalue weighted by molar-refractivity contribution is -0.137. The Morgan fingerprint density at radius 3 is 2.42 bits per heavy atom. The number of amides is 1. The standard InChI is InChI=1S/C30H37N3O5/c1-20(2)23(18-28(34)35)31-30(36)24-17-25(33(32-24)22-13-8-5-9-14-22)29-26(37-3)15-10-16-27(29)38-19-21-11-6-4-7-12-21/h4,6-7,10-12,15-17,20,22-23H,5,8-9,13-14,18-19H2,1-3H3,(H,31,36)(H,34,35). The van der Waals surface area contributed by atoms with Crippen molar-refractivity contribution in [3.05, 3.63) is 65.9 Å². The summed E-state index contributed by atoms with van der Waals surface area (Å²) in [5, 5.41) is 17.0. The van der Waals surface area contributed by atoms with Crippen LogP contribution in [0.2, 0.25) is 0 Å². The van der Waals surface area contributed by atoms with Gasteiger partial charge in [-0.25, -0.2) is 0 Å². The van der Waals surface area contributed by atoms with Crippen LogP contribution >= 0.6 is 0 Å². The molecule has 1 amide bonds. The maximum absolute atomic E-state index is 13.3. The number of aliphatic carboxylic acids is 1. The summed E-state index contributed by atoms with van der Waals surface area (Å²) in [4.78, 5) is 24.7. The average Bonchev–Trinajstić information content (AvgIpc) is 3.37. The van der Waals surface area contributed by atoms with Crippen LogP contribution in [0.3, 0.4) is 0 Å².